The smallest absolute Gasteiger partial charge is 0.339 e. The number of hydrogen-bond donors (Lipinski definition) is 2. The van der Waals surface area contributed by atoms with E-state index in [-0.39, 0.29) is 18.0 Å². The van der Waals surface area contributed by atoms with Crippen molar-refractivity contribution in [2.45, 2.75) is 20.4 Å². The van der Waals surface area contributed by atoms with E-state index in [2.05, 4.69) is 10.4 Å². The lowest BCUT2D eigenvalue weighted by molar-refractivity contribution is -0.116. The molecule has 2 N–H and O–H groups in total. The molecule has 0 bridgehead atoms. The highest BCUT2D eigenvalue weighted by atomic mass is 19.1. The second kappa shape index (κ2) is 5.74. The van der Waals surface area contributed by atoms with Crippen LogP contribution >= 0.6 is 0 Å². The Bertz CT molecular complexity index is 692. The van der Waals surface area contributed by atoms with E-state index in [0.717, 1.165) is 0 Å². The number of rotatable bonds is 4. The number of aromatic carboxylic acids is 1. The molecule has 0 atom stereocenters. The van der Waals surface area contributed by atoms with E-state index in [0.29, 0.717) is 17.1 Å². The van der Waals surface area contributed by atoms with Crippen molar-refractivity contribution in [2.24, 2.45) is 0 Å². The summed E-state index contributed by atoms with van der Waals surface area (Å²) < 4.78 is 14.1. The number of amides is 1. The van der Waals surface area contributed by atoms with Gasteiger partial charge in [0.1, 0.15) is 17.9 Å². The molecule has 2 rings (SSSR count). The number of benzene rings is 1. The number of aromatic nitrogens is 2. The van der Waals surface area contributed by atoms with Crippen molar-refractivity contribution in [3.63, 3.8) is 0 Å². The second-order valence-corrected chi connectivity index (χ2v) is 4.56. The first-order chi connectivity index (χ1) is 9.88. The molecule has 1 aromatic heterocycles. The summed E-state index contributed by atoms with van der Waals surface area (Å²) in [6, 6.07) is 5.36. The monoisotopic (exact) mass is 291 g/mol. The molecule has 110 valence electrons. The van der Waals surface area contributed by atoms with Crippen LogP contribution in [0, 0.1) is 19.7 Å². The third-order valence-corrected chi connectivity index (χ3v) is 3.02. The van der Waals surface area contributed by atoms with E-state index in [4.69, 9.17) is 5.11 Å². The lowest BCUT2D eigenvalue weighted by Crippen LogP contribution is -2.20. The Morgan fingerprint density at radius 3 is 2.43 bits per heavy atom. The molecule has 0 aliphatic heterocycles. The Morgan fingerprint density at radius 2 is 1.90 bits per heavy atom. The predicted octanol–water partition coefficient (Wildman–Crippen LogP) is 1.98. The Morgan fingerprint density at radius 1 is 1.29 bits per heavy atom. The average Bonchev–Trinajstić information content (AvgIpc) is 2.67. The highest BCUT2D eigenvalue weighted by Crippen LogP contribution is 2.13. The number of carboxylic acids is 1. The molecule has 6 nitrogen and oxygen atoms in total. The fourth-order valence-corrected chi connectivity index (χ4v) is 2.03. The van der Waals surface area contributed by atoms with Crippen LogP contribution in [0.5, 0.6) is 0 Å². The summed E-state index contributed by atoms with van der Waals surface area (Å²) in [5.41, 5.74) is 1.33. The molecular weight excluding hydrogens is 277 g/mol. The van der Waals surface area contributed by atoms with Crippen LogP contribution in [0.2, 0.25) is 0 Å². The van der Waals surface area contributed by atoms with Crippen LogP contribution in [-0.2, 0) is 11.3 Å². The highest BCUT2D eigenvalue weighted by molar-refractivity contribution is 5.92. The number of nitrogens with one attached hydrogen (secondary N) is 1. The average molecular weight is 291 g/mol. The molecule has 0 saturated heterocycles. The molecule has 0 radical (unpaired) electrons. The number of aryl methyl sites for hydroxylation is 1. The molecule has 2 aromatic rings. The number of carbonyl (C=O) groups is 2. The van der Waals surface area contributed by atoms with Crippen LogP contribution in [0.25, 0.3) is 0 Å². The van der Waals surface area contributed by atoms with Gasteiger partial charge in [-0.1, -0.05) is 0 Å². The van der Waals surface area contributed by atoms with Gasteiger partial charge in [-0.05, 0) is 38.1 Å². The van der Waals surface area contributed by atoms with E-state index in [1.807, 2.05) is 0 Å². The van der Waals surface area contributed by atoms with Gasteiger partial charge in [-0.15, -0.1) is 0 Å². The van der Waals surface area contributed by atoms with Gasteiger partial charge in [0.2, 0.25) is 5.91 Å². The Balaban J connectivity index is 2.11. The van der Waals surface area contributed by atoms with E-state index >= 15 is 0 Å². The molecule has 1 amide bonds. The first-order valence-corrected chi connectivity index (χ1v) is 6.21. The topological polar surface area (TPSA) is 84.2 Å². The molecule has 0 saturated carbocycles. The van der Waals surface area contributed by atoms with Crippen LogP contribution in [0.4, 0.5) is 10.1 Å². The number of halogens is 1. The summed E-state index contributed by atoms with van der Waals surface area (Å²) in [6.07, 6.45) is 0. The van der Waals surface area contributed by atoms with E-state index in [1.54, 1.807) is 13.8 Å². The minimum Gasteiger partial charge on any atom is -0.478 e. The molecule has 0 aliphatic carbocycles. The zero-order valence-corrected chi connectivity index (χ0v) is 11.6. The van der Waals surface area contributed by atoms with Crippen LogP contribution in [-0.4, -0.2) is 26.8 Å². The maximum atomic E-state index is 12.8. The number of nitrogens with zero attached hydrogens (tertiary/aromatic N) is 2. The third-order valence-electron chi connectivity index (χ3n) is 3.02. The fraction of sp³-hybridized carbons (Fsp3) is 0.214. The zero-order chi connectivity index (χ0) is 15.6. The van der Waals surface area contributed by atoms with Crippen LogP contribution in [0.3, 0.4) is 0 Å². The standard InChI is InChI=1S/C14H14FN3O3/c1-8-13(14(20)21)9(2)18(17-8)7-12(19)16-11-5-3-10(15)4-6-11/h3-6H,7H2,1-2H3,(H,16,19)(H,20,21). The molecule has 7 heteroatoms. The minimum absolute atomic E-state index is 0.101. The van der Waals surface area contributed by atoms with Gasteiger partial charge < -0.3 is 10.4 Å². The molecule has 1 aromatic carbocycles. The normalized spacial score (nSPS) is 10.4. The van der Waals surface area contributed by atoms with Crippen LogP contribution < -0.4 is 5.32 Å². The zero-order valence-electron chi connectivity index (χ0n) is 11.6. The fourth-order valence-electron chi connectivity index (χ4n) is 2.03. The summed E-state index contributed by atoms with van der Waals surface area (Å²) >= 11 is 0. The highest BCUT2D eigenvalue weighted by Gasteiger charge is 2.18. The summed E-state index contributed by atoms with van der Waals surface area (Å²) in [7, 11) is 0. The third kappa shape index (κ3) is 3.25. The van der Waals surface area contributed by atoms with Gasteiger partial charge in [-0.3, -0.25) is 9.48 Å². The van der Waals surface area contributed by atoms with E-state index in [9.17, 15) is 14.0 Å². The van der Waals surface area contributed by atoms with Gasteiger partial charge in [-0.2, -0.15) is 5.10 Å². The number of anilines is 1. The van der Waals surface area contributed by atoms with Gasteiger partial charge in [0.05, 0.1) is 11.4 Å². The SMILES string of the molecule is Cc1nn(CC(=O)Nc2ccc(F)cc2)c(C)c1C(=O)O. The van der Waals surface area contributed by atoms with Crippen molar-refractivity contribution < 1.29 is 19.1 Å². The Kier molecular flexibility index (Phi) is 4.02. The molecule has 21 heavy (non-hydrogen) atoms. The molecule has 0 fully saturated rings. The van der Waals surface area contributed by atoms with Crippen molar-refractivity contribution in [3.05, 3.63) is 47.0 Å². The van der Waals surface area contributed by atoms with Gasteiger partial charge in [0, 0.05) is 5.69 Å². The second-order valence-electron chi connectivity index (χ2n) is 4.56. The molecule has 0 aliphatic rings. The van der Waals surface area contributed by atoms with E-state index < -0.39 is 11.8 Å². The van der Waals surface area contributed by atoms with Crippen molar-refractivity contribution in [1.29, 1.82) is 0 Å². The quantitative estimate of drug-likeness (QED) is 0.902. The predicted molar refractivity (Wildman–Crippen MR) is 73.7 cm³/mol. The maximum absolute atomic E-state index is 12.8. The Labute approximate surface area is 120 Å². The maximum Gasteiger partial charge on any atom is 0.339 e. The molecular formula is C14H14FN3O3. The van der Waals surface area contributed by atoms with Gasteiger partial charge in [0.15, 0.2) is 0 Å². The lowest BCUT2D eigenvalue weighted by atomic mass is 10.2. The van der Waals surface area contributed by atoms with E-state index in [1.165, 1.54) is 28.9 Å². The van der Waals surface area contributed by atoms with Crippen LogP contribution in [0.1, 0.15) is 21.7 Å². The van der Waals surface area contributed by atoms with Gasteiger partial charge >= 0.3 is 5.97 Å². The van der Waals surface area contributed by atoms with Crippen molar-refractivity contribution in [2.75, 3.05) is 5.32 Å². The number of carbonyl (C=O) groups excluding carboxylic acids is 1. The molecule has 1 heterocycles. The van der Waals surface area contributed by atoms with Gasteiger partial charge in [-0.25, -0.2) is 9.18 Å². The van der Waals surface area contributed by atoms with Crippen molar-refractivity contribution in [1.82, 2.24) is 9.78 Å². The van der Waals surface area contributed by atoms with Crippen molar-refractivity contribution >= 4 is 17.6 Å². The summed E-state index contributed by atoms with van der Waals surface area (Å²) in [5, 5.41) is 15.7. The minimum atomic E-state index is -1.07. The summed E-state index contributed by atoms with van der Waals surface area (Å²) in [5.74, 6) is -1.84. The van der Waals surface area contributed by atoms with Crippen molar-refractivity contribution in [3.8, 4) is 0 Å². The first kappa shape index (κ1) is 14.7. The summed E-state index contributed by atoms with van der Waals surface area (Å²) in [4.78, 5) is 23.0. The Hall–Kier alpha value is -2.70. The largest absolute Gasteiger partial charge is 0.478 e. The number of hydrogen-bond acceptors (Lipinski definition) is 3. The molecule has 0 spiro atoms. The number of carboxylic acid groups (broad SMARTS) is 1. The van der Waals surface area contributed by atoms with Gasteiger partial charge in [0.25, 0.3) is 0 Å². The summed E-state index contributed by atoms with van der Waals surface area (Å²) in [6.45, 7) is 3.05. The molecule has 0 unspecified atom stereocenters. The first-order valence-electron chi connectivity index (χ1n) is 6.21. The lowest BCUT2D eigenvalue weighted by Gasteiger charge is -2.07. The van der Waals surface area contributed by atoms with Crippen LogP contribution in [0.15, 0.2) is 24.3 Å².